The molecule has 2 rings (SSSR count). The van der Waals surface area contributed by atoms with E-state index in [9.17, 15) is 0 Å². The van der Waals surface area contributed by atoms with E-state index >= 15 is 0 Å². The summed E-state index contributed by atoms with van der Waals surface area (Å²) < 4.78 is 5.54. The van der Waals surface area contributed by atoms with Crippen LogP contribution in [0, 0.1) is 5.92 Å². The van der Waals surface area contributed by atoms with Crippen LogP contribution < -0.4 is 5.32 Å². The summed E-state index contributed by atoms with van der Waals surface area (Å²) in [5.41, 5.74) is 0. The fourth-order valence-corrected chi connectivity index (χ4v) is 2.88. The van der Waals surface area contributed by atoms with Crippen LogP contribution in [-0.2, 0) is 4.74 Å². The maximum absolute atomic E-state index is 5.54. The van der Waals surface area contributed by atoms with Crippen molar-refractivity contribution in [3.8, 4) is 0 Å². The van der Waals surface area contributed by atoms with Gasteiger partial charge in [0, 0.05) is 25.7 Å². The lowest BCUT2D eigenvalue weighted by molar-refractivity contribution is 0.0699. The summed E-state index contributed by atoms with van der Waals surface area (Å²) in [6.07, 6.45) is 3.07. The number of hydrogen-bond donors (Lipinski definition) is 1. The van der Waals surface area contributed by atoms with Crippen LogP contribution in [0.4, 0.5) is 0 Å². The molecule has 1 N–H and O–H groups in total. The largest absolute Gasteiger partial charge is 0.377 e. The van der Waals surface area contributed by atoms with Gasteiger partial charge in [-0.2, -0.15) is 0 Å². The maximum Gasteiger partial charge on any atom is 0.0671 e. The Morgan fingerprint density at radius 3 is 3.00 bits per heavy atom. The summed E-state index contributed by atoms with van der Waals surface area (Å²) in [6.45, 7) is 9.98. The molecule has 2 saturated heterocycles. The van der Waals surface area contributed by atoms with Gasteiger partial charge in [-0.1, -0.05) is 0 Å². The van der Waals surface area contributed by atoms with Crippen LogP contribution in [0.15, 0.2) is 0 Å². The summed E-state index contributed by atoms with van der Waals surface area (Å²) in [5.74, 6) is 0.896. The van der Waals surface area contributed by atoms with Gasteiger partial charge >= 0.3 is 0 Å². The molecule has 2 aliphatic rings. The average Bonchev–Trinajstić information content (AvgIpc) is 2.61. The molecule has 15 heavy (non-hydrogen) atoms. The predicted molar refractivity (Wildman–Crippen MR) is 62.0 cm³/mol. The van der Waals surface area contributed by atoms with E-state index in [1.807, 2.05) is 0 Å². The average molecular weight is 212 g/mol. The highest BCUT2D eigenvalue weighted by Gasteiger charge is 2.33. The topological polar surface area (TPSA) is 24.5 Å². The molecule has 0 aromatic carbocycles. The van der Waals surface area contributed by atoms with Crippen molar-refractivity contribution in [2.45, 2.75) is 38.8 Å². The van der Waals surface area contributed by atoms with Crippen LogP contribution in [0.3, 0.4) is 0 Å². The van der Waals surface area contributed by atoms with E-state index in [0.29, 0.717) is 6.10 Å². The SMILES string of the molecule is CCOC(C)CNC1CCN2CCC1C2. The molecule has 2 aliphatic heterocycles. The Balaban J connectivity index is 1.70. The molecule has 0 aromatic rings. The second-order valence-corrected chi connectivity index (χ2v) is 4.92. The highest BCUT2D eigenvalue weighted by atomic mass is 16.5. The molecule has 0 saturated carbocycles. The van der Waals surface area contributed by atoms with Gasteiger partial charge in [0.15, 0.2) is 0 Å². The molecule has 3 nitrogen and oxygen atoms in total. The van der Waals surface area contributed by atoms with Crippen molar-refractivity contribution in [1.29, 1.82) is 0 Å². The molecular weight excluding hydrogens is 188 g/mol. The van der Waals surface area contributed by atoms with E-state index in [4.69, 9.17) is 4.74 Å². The number of piperidine rings is 1. The second-order valence-electron chi connectivity index (χ2n) is 4.92. The molecule has 0 spiro atoms. The van der Waals surface area contributed by atoms with E-state index in [1.54, 1.807) is 0 Å². The maximum atomic E-state index is 5.54. The molecule has 4 atom stereocenters. The van der Waals surface area contributed by atoms with Crippen LogP contribution in [0.5, 0.6) is 0 Å². The van der Waals surface area contributed by atoms with Gasteiger partial charge in [-0.15, -0.1) is 0 Å². The number of nitrogens with one attached hydrogen (secondary N) is 1. The summed E-state index contributed by atoms with van der Waals surface area (Å²) >= 11 is 0. The van der Waals surface area contributed by atoms with Gasteiger partial charge in [0.1, 0.15) is 0 Å². The Bertz CT molecular complexity index is 198. The van der Waals surface area contributed by atoms with Crippen molar-refractivity contribution in [3.63, 3.8) is 0 Å². The normalized spacial score (nSPS) is 36.8. The van der Waals surface area contributed by atoms with Gasteiger partial charge in [0.2, 0.25) is 0 Å². The Labute approximate surface area is 93.2 Å². The van der Waals surface area contributed by atoms with Crippen molar-refractivity contribution in [1.82, 2.24) is 10.2 Å². The zero-order chi connectivity index (χ0) is 10.7. The minimum Gasteiger partial charge on any atom is -0.377 e. The first-order chi connectivity index (χ1) is 7.29. The molecule has 0 aliphatic carbocycles. The summed E-state index contributed by atoms with van der Waals surface area (Å²) in [7, 11) is 0. The van der Waals surface area contributed by atoms with Crippen molar-refractivity contribution in [2.24, 2.45) is 5.92 Å². The standard InChI is InChI=1S/C12H24N2O/c1-3-15-10(2)8-13-12-5-7-14-6-4-11(12)9-14/h10-13H,3-9H2,1-2H3. The Hall–Kier alpha value is -0.120. The third kappa shape index (κ3) is 2.92. The molecule has 0 amide bonds. The van der Waals surface area contributed by atoms with Crippen molar-refractivity contribution in [3.05, 3.63) is 0 Å². The second kappa shape index (κ2) is 5.28. The Kier molecular flexibility index (Phi) is 4.00. The van der Waals surface area contributed by atoms with E-state index in [0.717, 1.165) is 25.1 Å². The predicted octanol–water partition coefficient (Wildman–Crippen LogP) is 1.10. The summed E-state index contributed by atoms with van der Waals surface area (Å²) in [6, 6.07) is 0.742. The Morgan fingerprint density at radius 2 is 2.20 bits per heavy atom. The van der Waals surface area contributed by atoms with Crippen molar-refractivity contribution >= 4 is 0 Å². The molecule has 0 aromatic heterocycles. The molecule has 88 valence electrons. The first kappa shape index (κ1) is 11.4. The van der Waals surface area contributed by atoms with E-state index in [1.165, 1.54) is 32.5 Å². The molecular formula is C12H24N2O. The highest BCUT2D eigenvalue weighted by Crippen LogP contribution is 2.26. The van der Waals surface area contributed by atoms with E-state index in [2.05, 4.69) is 24.1 Å². The molecule has 2 heterocycles. The lowest BCUT2D eigenvalue weighted by Gasteiger charge is -2.31. The van der Waals surface area contributed by atoms with E-state index < -0.39 is 0 Å². The van der Waals surface area contributed by atoms with Gasteiger partial charge in [-0.25, -0.2) is 0 Å². The minimum atomic E-state index is 0.356. The molecule has 2 fully saturated rings. The van der Waals surface area contributed by atoms with Gasteiger partial charge in [0.25, 0.3) is 0 Å². The third-order valence-electron chi connectivity index (χ3n) is 3.75. The fourth-order valence-electron chi connectivity index (χ4n) is 2.88. The van der Waals surface area contributed by atoms with Gasteiger partial charge in [0.05, 0.1) is 6.10 Å². The number of ether oxygens (including phenoxy) is 1. The van der Waals surface area contributed by atoms with E-state index in [-0.39, 0.29) is 0 Å². The number of hydrogen-bond acceptors (Lipinski definition) is 3. The zero-order valence-electron chi connectivity index (χ0n) is 10.0. The monoisotopic (exact) mass is 212 g/mol. The van der Waals surface area contributed by atoms with Crippen LogP contribution in [0.2, 0.25) is 0 Å². The first-order valence-corrected chi connectivity index (χ1v) is 6.37. The third-order valence-corrected chi connectivity index (χ3v) is 3.75. The smallest absolute Gasteiger partial charge is 0.0671 e. The van der Waals surface area contributed by atoms with Crippen molar-refractivity contribution in [2.75, 3.05) is 32.8 Å². The fraction of sp³-hybridized carbons (Fsp3) is 1.00. The lowest BCUT2D eigenvalue weighted by atomic mass is 9.94. The Morgan fingerprint density at radius 1 is 1.40 bits per heavy atom. The van der Waals surface area contributed by atoms with Crippen LogP contribution in [-0.4, -0.2) is 49.8 Å². The van der Waals surface area contributed by atoms with Crippen LogP contribution >= 0.6 is 0 Å². The minimum absolute atomic E-state index is 0.356. The molecule has 4 unspecified atom stereocenters. The quantitative estimate of drug-likeness (QED) is 0.738. The van der Waals surface area contributed by atoms with Crippen molar-refractivity contribution < 1.29 is 4.74 Å². The highest BCUT2D eigenvalue weighted by molar-refractivity contribution is 4.90. The van der Waals surface area contributed by atoms with Crippen LogP contribution in [0.25, 0.3) is 0 Å². The zero-order valence-corrected chi connectivity index (χ0v) is 10.0. The van der Waals surface area contributed by atoms with Gasteiger partial charge in [-0.05, 0) is 45.7 Å². The van der Waals surface area contributed by atoms with Gasteiger partial charge < -0.3 is 15.0 Å². The number of fused-ring (bicyclic) bond motifs is 2. The number of nitrogens with zero attached hydrogens (tertiary/aromatic N) is 1. The molecule has 0 radical (unpaired) electrons. The van der Waals surface area contributed by atoms with Gasteiger partial charge in [-0.3, -0.25) is 0 Å². The first-order valence-electron chi connectivity index (χ1n) is 6.37. The molecule has 3 heteroatoms. The summed E-state index contributed by atoms with van der Waals surface area (Å²) in [4.78, 5) is 2.59. The lowest BCUT2D eigenvalue weighted by Crippen LogP contribution is -2.46. The molecule has 2 bridgehead atoms. The number of rotatable bonds is 5. The summed E-state index contributed by atoms with van der Waals surface area (Å²) in [5, 5.41) is 3.68. The van der Waals surface area contributed by atoms with Crippen LogP contribution in [0.1, 0.15) is 26.7 Å².